The van der Waals surface area contributed by atoms with E-state index in [-0.39, 0.29) is 5.41 Å². The van der Waals surface area contributed by atoms with Crippen molar-refractivity contribution in [2.24, 2.45) is 0 Å². The van der Waals surface area contributed by atoms with Crippen LogP contribution in [0.15, 0.2) is 65.2 Å². The summed E-state index contributed by atoms with van der Waals surface area (Å²) < 4.78 is 12.1. The van der Waals surface area contributed by atoms with E-state index in [1.807, 2.05) is 55.6 Å². The molecular formula is C23H24N4O2. The molecule has 0 aliphatic rings. The van der Waals surface area contributed by atoms with E-state index in [1.165, 1.54) is 0 Å². The lowest BCUT2D eigenvalue weighted by molar-refractivity contribution is 0.441. The van der Waals surface area contributed by atoms with Crippen LogP contribution in [-0.2, 0) is 5.41 Å². The molecule has 4 rings (SSSR count). The number of anilines is 3. The van der Waals surface area contributed by atoms with Crippen molar-refractivity contribution < 1.29 is 9.15 Å². The summed E-state index contributed by atoms with van der Waals surface area (Å²) in [5.74, 6) is 1.23. The number of ether oxygens (including phenoxy) is 1. The first-order valence-electron chi connectivity index (χ1n) is 9.52. The van der Waals surface area contributed by atoms with Gasteiger partial charge in [-0.2, -0.15) is 4.98 Å². The molecule has 0 aliphatic heterocycles. The number of oxazole rings is 1. The molecule has 0 spiro atoms. The molecule has 148 valence electrons. The largest absolute Gasteiger partial charge is 0.437 e. The summed E-state index contributed by atoms with van der Waals surface area (Å²) >= 11 is 0. The summed E-state index contributed by atoms with van der Waals surface area (Å²) in [6.45, 7) is 6.47. The maximum absolute atomic E-state index is 6.20. The van der Waals surface area contributed by atoms with E-state index in [9.17, 15) is 0 Å². The monoisotopic (exact) mass is 388 g/mol. The average Bonchev–Trinajstić information content (AvgIpc) is 3.11. The maximum Gasteiger partial charge on any atom is 0.300 e. The number of para-hydroxylation sites is 2. The molecule has 0 radical (unpaired) electrons. The number of hydrogen-bond donors (Lipinski definition) is 2. The van der Waals surface area contributed by atoms with E-state index in [1.54, 1.807) is 6.20 Å². The average molecular weight is 388 g/mol. The van der Waals surface area contributed by atoms with Crippen LogP contribution in [-0.4, -0.2) is 17.0 Å². The summed E-state index contributed by atoms with van der Waals surface area (Å²) in [4.78, 5) is 8.97. The molecule has 0 saturated carbocycles. The van der Waals surface area contributed by atoms with Crippen LogP contribution < -0.4 is 15.4 Å². The zero-order valence-corrected chi connectivity index (χ0v) is 17.0. The van der Waals surface area contributed by atoms with E-state index in [2.05, 4.69) is 47.4 Å². The summed E-state index contributed by atoms with van der Waals surface area (Å²) in [7, 11) is 1.86. The quantitative estimate of drug-likeness (QED) is 0.430. The van der Waals surface area contributed by atoms with Gasteiger partial charge in [-0.1, -0.05) is 45.0 Å². The van der Waals surface area contributed by atoms with Gasteiger partial charge in [-0.25, -0.2) is 4.98 Å². The molecule has 6 heteroatoms. The molecular weight excluding hydrogens is 364 g/mol. The van der Waals surface area contributed by atoms with Gasteiger partial charge >= 0.3 is 0 Å². The van der Waals surface area contributed by atoms with Crippen LogP contribution in [0.4, 0.5) is 17.4 Å². The predicted octanol–water partition coefficient (Wildman–Crippen LogP) is 6.10. The van der Waals surface area contributed by atoms with E-state index in [0.29, 0.717) is 23.2 Å². The van der Waals surface area contributed by atoms with Crippen molar-refractivity contribution in [3.8, 4) is 11.6 Å². The highest BCUT2D eigenvalue weighted by molar-refractivity contribution is 5.88. The number of nitrogens with one attached hydrogen (secondary N) is 2. The highest BCUT2D eigenvalue weighted by Gasteiger charge is 2.20. The molecule has 2 aromatic heterocycles. The van der Waals surface area contributed by atoms with Crippen molar-refractivity contribution in [2.75, 3.05) is 17.7 Å². The third-order valence-electron chi connectivity index (χ3n) is 4.60. The number of aromatic nitrogens is 2. The summed E-state index contributed by atoms with van der Waals surface area (Å²) in [5, 5.41) is 6.32. The predicted molar refractivity (Wildman–Crippen MR) is 116 cm³/mol. The zero-order valence-electron chi connectivity index (χ0n) is 17.0. The SMILES string of the molecule is CNc1cccc2oc(Nc3cccnc3Oc3ccccc3C(C)(C)C)nc12. The summed E-state index contributed by atoms with van der Waals surface area (Å²) in [6, 6.07) is 17.9. The second kappa shape index (κ2) is 7.47. The topological polar surface area (TPSA) is 72.2 Å². The molecule has 6 nitrogen and oxygen atoms in total. The summed E-state index contributed by atoms with van der Waals surface area (Å²) in [5.41, 5.74) is 4.10. The number of pyridine rings is 1. The number of benzene rings is 2. The third kappa shape index (κ3) is 3.87. The fourth-order valence-corrected chi connectivity index (χ4v) is 3.17. The third-order valence-corrected chi connectivity index (χ3v) is 4.60. The highest BCUT2D eigenvalue weighted by Crippen LogP contribution is 2.36. The first kappa shape index (κ1) is 18.8. The van der Waals surface area contributed by atoms with E-state index in [0.717, 1.165) is 22.5 Å². The minimum Gasteiger partial charge on any atom is -0.437 e. The highest BCUT2D eigenvalue weighted by atomic mass is 16.5. The molecule has 0 atom stereocenters. The van der Waals surface area contributed by atoms with E-state index >= 15 is 0 Å². The van der Waals surface area contributed by atoms with Crippen LogP contribution in [0.1, 0.15) is 26.3 Å². The lowest BCUT2D eigenvalue weighted by Gasteiger charge is -2.22. The Hall–Kier alpha value is -3.54. The Morgan fingerprint density at radius 3 is 2.52 bits per heavy atom. The van der Waals surface area contributed by atoms with Gasteiger partial charge in [0, 0.05) is 18.8 Å². The first-order valence-corrected chi connectivity index (χ1v) is 9.52. The van der Waals surface area contributed by atoms with Gasteiger partial charge < -0.3 is 19.8 Å². The Labute approximate surface area is 169 Å². The van der Waals surface area contributed by atoms with Crippen LogP contribution in [0.25, 0.3) is 11.1 Å². The van der Waals surface area contributed by atoms with Gasteiger partial charge in [0.1, 0.15) is 17.0 Å². The normalized spacial score (nSPS) is 11.4. The van der Waals surface area contributed by atoms with Crippen LogP contribution in [0, 0.1) is 0 Å². The van der Waals surface area contributed by atoms with Crippen molar-refractivity contribution in [3.63, 3.8) is 0 Å². The summed E-state index contributed by atoms with van der Waals surface area (Å²) in [6.07, 6.45) is 1.70. The van der Waals surface area contributed by atoms with Crippen molar-refractivity contribution in [3.05, 3.63) is 66.4 Å². The van der Waals surface area contributed by atoms with Crippen molar-refractivity contribution >= 4 is 28.5 Å². The van der Waals surface area contributed by atoms with Gasteiger partial charge in [0.05, 0.1) is 5.69 Å². The van der Waals surface area contributed by atoms with Gasteiger partial charge in [-0.05, 0) is 35.7 Å². The number of hydrogen-bond acceptors (Lipinski definition) is 6. The van der Waals surface area contributed by atoms with E-state index in [4.69, 9.17) is 9.15 Å². The smallest absolute Gasteiger partial charge is 0.300 e. The van der Waals surface area contributed by atoms with Gasteiger partial charge in [0.2, 0.25) is 5.88 Å². The van der Waals surface area contributed by atoms with Gasteiger partial charge in [0.25, 0.3) is 6.01 Å². The first-order chi connectivity index (χ1) is 14.0. The lowest BCUT2D eigenvalue weighted by atomic mass is 9.86. The molecule has 0 aliphatic carbocycles. The Bertz CT molecular complexity index is 1150. The van der Waals surface area contributed by atoms with Crippen molar-refractivity contribution in [2.45, 2.75) is 26.2 Å². The van der Waals surface area contributed by atoms with Crippen molar-refractivity contribution in [1.82, 2.24) is 9.97 Å². The zero-order chi connectivity index (χ0) is 20.4. The Balaban J connectivity index is 1.67. The molecule has 0 unspecified atom stereocenters. The van der Waals surface area contributed by atoms with Crippen LogP contribution in [0.5, 0.6) is 11.6 Å². The number of rotatable bonds is 5. The minimum absolute atomic E-state index is 0.0528. The molecule has 0 bridgehead atoms. The standard InChI is InChI=1S/C23H24N4O2/c1-23(2,3)15-9-5-6-12-18(15)28-21-17(11-8-14-25-21)26-22-27-20-16(24-4)10-7-13-19(20)29-22/h5-14,24H,1-4H3,(H,26,27). The van der Waals surface area contributed by atoms with Gasteiger partial charge in [0.15, 0.2) is 5.58 Å². The fraction of sp³-hybridized carbons (Fsp3) is 0.217. The second-order valence-corrected chi connectivity index (χ2v) is 7.75. The van der Waals surface area contributed by atoms with Crippen LogP contribution >= 0.6 is 0 Å². The van der Waals surface area contributed by atoms with Gasteiger partial charge in [-0.3, -0.25) is 0 Å². The molecule has 29 heavy (non-hydrogen) atoms. The lowest BCUT2D eigenvalue weighted by Crippen LogP contribution is -2.12. The molecule has 0 fully saturated rings. The fourth-order valence-electron chi connectivity index (χ4n) is 3.17. The Kier molecular flexibility index (Phi) is 4.84. The molecule has 2 N–H and O–H groups in total. The van der Waals surface area contributed by atoms with Crippen molar-refractivity contribution in [1.29, 1.82) is 0 Å². The van der Waals surface area contributed by atoms with E-state index < -0.39 is 0 Å². The Morgan fingerprint density at radius 1 is 0.931 bits per heavy atom. The maximum atomic E-state index is 6.20. The number of fused-ring (bicyclic) bond motifs is 1. The van der Waals surface area contributed by atoms with Crippen LogP contribution in [0.3, 0.4) is 0 Å². The Morgan fingerprint density at radius 2 is 1.72 bits per heavy atom. The number of nitrogens with zero attached hydrogens (tertiary/aromatic N) is 2. The minimum atomic E-state index is -0.0528. The van der Waals surface area contributed by atoms with Gasteiger partial charge in [-0.15, -0.1) is 0 Å². The molecule has 0 saturated heterocycles. The molecule has 2 heterocycles. The van der Waals surface area contributed by atoms with Crippen LogP contribution in [0.2, 0.25) is 0 Å². The molecule has 2 aromatic carbocycles. The second-order valence-electron chi connectivity index (χ2n) is 7.75. The molecule has 0 amide bonds. The molecule has 4 aromatic rings.